The summed E-state index contributed by atoms with van der Waals surface area (Å²) in [5.74, 6) is -0.694. The minimum Gasteiger partial charge on any atom is -0.495 e. The number of aromatic nitrogens is 2. The molecular formula is C26H25ClN4O5. The fourth-order valence-electron chi connectivity index (χ4n) is 4.63. The van der Waals surface area contributed by atoms with Gasteiger partial charge in [-0.1, -0.05) is 17.7 Å². The van der Waals surface area contributed by atoms with E-state index in [1.165, 1.54) is 11.8 Å². The highest BCUT2D eigenvalue weighted by Gasteiger charge is 2.45. The van der Waals surface area contributed by atoms with Gasteiger partial charge >= 0.3 is 0 Å². The number of hydrogen-bond acceptors (Lipinski definition) is 6. The van der Waals surface area contributed by atoms with E-state index in [-0.39, 0.29) is 16.8 Å². The molecule has 2 aromatic carbocycles. The predicted molar refractivity (Wildman–Crippen MR) is 136 cm³/mol. The van der Waals surface area contributed by atoms with Crippen molar-refractivity contribution in [1.29, 1.82) is 0 Å². The van der Waals surface area contributed by atoms with E-state index in [0.29, 0.717) is 54.1 Å². The number of carbonyl (C=O) groups is 2. The minimum atomic E-state index is -0.576. The molecule has 0 aliphatic carbocycles. The third-order valence-electron chi connectivity index (χ3n) is 6.37. The quantitative estimate of drug-likeness (QED) is 0.532. The van der Waals surface area contributed by atoms with Crippen LogP contribution in [0.5, 0.6) is 5.75 Å². The number of aryl methyl sites for hydroxylation is 2. The molecule has 1 N–H and O–H groups in total. The van der Waals surface area contributed by atoms with E-state index in [1.807, 2.05) is 17.9 Å². The van der Waals surface area contributed by atoms with E-state index in [9.17, 15) is 14.4 Å². The van der Waals surface area contributed by atoms with Crippen molar-refractivity contribution in [3.05, 3.63) is 80.4 Å². The number of anilines is 1. The molecular weight excluding hydrogens is 484 g/mol. The molecule has 9 nitrogen and oxygen atoms in total. The van der Waals surface area contributed by atoms with Gasteiger partial charge in [-0.15, -0.1) is 0 Å². The molecule has 1 aromatic heterocycles. The van der Waals surface area contributed by atoms with Gasteiger partial charge in [-0.3, -0.25) is 19.5 Å². The van der Waals surface area contributed by atoms with Crippen LogP contribution in [0.2, 0.25) is 5.02 Å². The summed E-state index contributed by atoms with van der Waals surface area (Å²) in [7, 11) is 1.48. The number of imide groups is 1. The number of nitrogens with zero attached hydrogens (tertiary/aromatic N) is 3. The molecule has 2 amide bonds. The summed E-state index contributed by atoms with van der Waals surface area (Å²) in [6.07, 6.45) is 0. The van der Waals surface area contributed by atoms with Crippen LogP contribution in [0.3, 0.4) is 0 Å². The van der Waals surface area contributed by atoms with E-state index in [0.717, 1.165) is 10.5 Å². The largest absolute Gasteiger partial charge is 0.495 e. The number of aromatic amines is 1. The third-order valence-corrected chi connectivity index (χ3v) is 6.62. The average molecular weight is 509 g/mol. The van der Waals surface area contributed by atoms with Crippen LogP contribution in [0.15, 0.2) is 53.0 Å². The first-order valence-electron chi connectivity index (χ1n) is 11.5. The van der Waals surface area contributed by atoms with E-state index in [4.69, 9.17) is 21.1 Å². The van der Waals surface area contributed by atoms with Crippen molar-refractivity contribution in [1.82, 2.24) is 14.7 Å². The molecule has 0 radical (unpaired) electrons. The SMILES string of the molecule is COc1ccc(C)cc1N1C(=O)C(c2c(C)[nH]n(-c3ccc(Cl)cc3)c2=O)=C(N2CCOCC2)C1=O. The van der Waals surface area contributed by atoms with Crippen molar-refractivity contribution in [2.24, 2.45) is 0 Å². The van der Waals surface area contributed by atoms with Crippen LogP contribution in [-0.4, -0.2) is 59.9 Å². The second-order valence-electron chi connectivity index (χ2n) is 8.67. The van der Waals surface area contributed by atoms with Crippen molar-refractivity contribution in [3.63, 3.8) is 0 Å². The number of morpholine rings is 1. The van der Waals surface area contributed by atoms with Gasteiger partial charge in [0.2, 0.25) is 0 Å². The van der Waals surface area contributed by atoms with E-state index in [1.54, 1.807) is 43.3 Å². The Morgan fingerprint density at radius 3 is 2.33 bits per heavy atom. The van der Waals surface area contributed by atoms with Crippen LogP contribution in [0, 0.1) is 13.8 Å². The standard InChI is InChI=1S/C26H25ClN4O5/c1-15-4-9-20(35-3)19(14-15)30-24(32)22(23(26(30)34)29-10-12-36-13-11-29)21-16(2)28-31(25(21)33)18-7-5-17(27)6-8-18/h4-9,14,28H,10-13H2,1-3H3. The molecule has 3 heterocycles. The van der Waals surface area contributed by atoms with Gasteiger partial charge in [0.1, 0.15) is 11.4 Å². The lowest BCUT2D eigenvalue weighted by molar-refractivity contribution is -0.121. The second-order valence-corrected chi connectivity index (χ2v) is 9.11. The Morgan fingerprint density at radius 2 is 1.67 bits per heavy atom. The van der Waals surface area contributed by atoms with E-state index < -0.39 is 17.4 Å². The number of halogens is 1. The van der Waals surface area contributed by atoms with E-state index in [2.05, 4.69) is 5.10 Å². The number of carbonyl (C=O) groups excluding carboxylic acids is 2. The Bertz CT molecular complexity index is 1450. The Labute approximate surface area is 212 Å². The molecule has 186 valence electrons. The van der Waals surface area contributed by atoms with Crippen LogP contribution in [-0.2, 0) is 14.3 Å². The molecule has 0 unspecified atom stereocenters. The number of H-pyrrole nitrogens is 1. The predicted octanol–water partition coefficient (Wildman–Crippen LogP) is 3.06. The van der Waals surface area contributed by atoms with Gasteiger partial charge in [0.25, 0.3) is 17.4 Å². The summed E-state index contributed by atoms with van der Waals surface area (Å²) in [5, 5.41) is 3.58. The van der Waals surface area contributed by atoms with Crippen LogP contribution in [0.1, 0.15) is 16.8 Å². The van der Waals surface area contributed by atoms with Crippen molar-refractivity contribution in [2.75, 3.05) is 38.3 Å². The Balaban J connectivity index is 1.70. The Morgan fingerprint density at radius 1 is 0.972 bits per heavy atom. The minimum absolute atomic E-state index is 0.0666. The highest BCUT2D eigenvalue weighted by molar-refractivity contribution is 6.45. The molecule has 0 bridgehead atoms. The highest BCUT2D eigenvalue weighted by atomic mass is 35.5. The van der Waals surface area contributed by atoms with E-state index >= 15 is 0 Å². The number of nitrogens with one attached hydrogen (secondary N) is 1. The summed E-state index contributed by atoms with van der Waals surface area (Å²) in [4.78, 5) is 44.5. The zero-order valence-corrected chi connectivity index (χ0v) is 20.9. The molecule has 2 aliphatic rings. The molecule has 0 atom stereocenters. The van der Waals surface area contributed by atoms with Crippen molar-refractivity contribution in [2.45, 2.75) is 13.8 Å². The topological polar surface area (TPSA) is 96.9 Å². The first-order valence-corrected chi connectivity index (χ1v) is 11.9. The van der Waals surface area contributed by atoms with Gasteiger partial charge in [0, 0.05) is 23.8 Å². The molecule has 0 spiro atoms. The van der Waals surface area contributed by atoms with Gasteiger partial charge in [0.05, 0.1) is 42.8 Å². The first kappa shape index (κ1) is 23.9. The lowest BCUT2D eigenvalue weighted by Crippen LogP contribution is -2.40. The first-order chi connectivity index (χ1) is 17.3. The molecule has 0 saturated carbocycles. The van der Waals surface area contributed by atoms with Crippen LogP contribution >= 0.6 is 11.6 Å². The van der Waals surface area contributed by atoms with Crippen molar-refractivity contribution in [3.8, 4) is 11.4 Å². The second kappa shape index (κ2) is 9.33. The van der Waals surface area contributed by atoms with Gasteiger partial charge < -0.3 is 14.4 Å². The summed E-state index contributed by atoms with van der Waals surface area (Å²) in [6, 6.07) is 12.0. The molecule has 10 heteroatoms. The summed E-state index contributed by atoms with van der Waals surface area (Å²) < 4.78 is 12.3. The zero-order chi connectivity index (χ0) is 25.6. The third kappa shape index (κ3) is 3.90. The van der Waals surface area contributed by atoms with Crippen LogP contribution in [0.4, 0.5) is 5.69 Å². The maximum Gasteiger partial charge on any atom is 0.282 e. The zero-order valence-electron chi connectivity index (χ0n) is 20.1. The molecule has 36 heavy (non-hydrogen) atoms. The number of methoxy groups -OCH3 is 1. The molecule has 1 fully saturated rings. The van der Waals surface area contributed by atoms with Gasteiger partial charge in [-0.2, -0.15) is 0 Å². The fourth-order valence-corrected chi connectivity index (χ4v) is 4.76. The molecule has 1 saturated heterocycles. The lowest BCUT2D eigenvalue weighted by Gasteiger charge is -2.29. The maximum atomic E-state index is 14.0. The summed E-state index contributed by atoms with van der Waals surface area (Å²) in [5.41, 5.74) is 2.19. The average Bonchev–Trinajstić information content (AvgIpc) is 3.30. The number of amides is 2. The van der Waals surface area contributed by atoms with Gasteiger partial charge in [-0.25, -0.2) is 9.58 Å². The molecule has 3 aromatic rings. The highest BCUT2D eigenvalue weighted by Crippen LogP contribution is 2.39. The van der Waals surface area contributed by atoms with Gasteiger partial charge in [0.15, 0.2) is 0 Å². The maximum absolute atomic E-state index is 14.0. The van der Waals surface area contributed by atoms with Crippen molar-refractivity contribution >= 4 is 34.7 Å². The van der Waals surface area contributed by atoms with Gasteiger partial charge in [-0.05, 0) is 55.8 Å². The van der Waals surface area contributed by atoms with Crippen LogP contribution < -0.4 is 15.2 Å². The number of hydrogen-bond donors (Lipinski definition) is 1. The Kier molecular flexibility index (Phi) is 6.19. The molecule has 2 aliphatic heterocycles. The summed E-state index contributed by atoms with van der Waals surface area (Å²) in [6.45, 7) is 5.24. The summed E-state index contributed by atoms with van der Waals surface area (Å²) >= 11 is 6.01. The monoisotopic (exact) mass is 508 g/mol. The fraction of sp³-hybridized carbons (Fsp3) is 0.269. The number of rotatable bonds is 5. The van der Waals surface area contributed by atoms with Crippen molar-refractivity contribution < 1.29 is 19.1 Å². The Hall–Kier alpha value is -3.82. The van der Waals surface area contributed by atoms with Crippen LogP contribution in [0.25, 0.3) is 11.3 Å². The smallest absolute Gasteiger partial charge is 0.282 e. The molecule has 5 rings (SSSR count). The number of ether oxygens (including phenoxy) is 2. The normalized spacial score (nSPS) is 16.3. The lowest BCUT2D eigenvalue weighted by atomic mass is 10.0. The number of benzene rings is 2.